The predicted octanol–water partition coefficient (Wildman–Crippen LogP) is 2.92. The Balaban J connectivity index is 1.59. The SMILES string of the molecule is CC1=CC(=O)C(N2CCC(Cc3ccccc3)CC2)=CC1=O. The van der Waals surface area contributed by atoms with Crippen molar-refractivity contribution in [3.63, 3.8) is 0 Å². The number of carbonyl (C=O) groups is 2. The number of carbonyl (C=O) groups excluding carboxylic acids is 2. The molecule has 3 rings (SSSR count). The zero-order valence-corrected chi connectivity index (χ0v) is 12.9. The molecule has 0 bridgehead atoms. The summed E-state index contributed by atoms with van der Waals surface area (Å²) in [6.07, 6.45) is 6.20. The Morgan fingerprint density at radius 1 is 1.00 bits per heavy atom. The molecule has 1 aliphatic heterocycles. The monoisotopic (exact) mass is 295 g/mol. The van der Waals surface area contributed by atoms with Crippen LogP contribution in [-0.2, 0) is 16.0 Å². The Labute approximate surface area is 131 Å². The highest BCUT2D eigenvalue weighted by Crippen LogP contribution is 2.25. The smallest absolute Gasteiger partial charge is 0.202 e. The first-order valence-electron chi connectivity index (χ1n) is 7.91. The highest BCUT2D eigenvalue weighted by Gasteiger charge is 2.26. The maximum Gasteiger partial charge on any atom is 0.202 e. The fourth-order valence-corrected chi connectivity index (χ4v) is 3.22. The van der Waals surface area contributed by atoms with Crippen LogP contribution in [-0.4, -0.2) is 29.6 Å². The van der Waals surface area contributed by atoms with Gasteiger partial charge >= 0.3 is 0 Å². The van der Waals surface area contributed by atoms with Crippen molar-refractivity contribution in [3.8, 4) is 0 Å². The number of piperidine rings is 1. The molecule has 0 unspecified atom stereocenters. The first-order chi connectivity index (χ1) is 10.6. The lowest BCUT2D eigenvalue weighted by atomic mass is 9.89. The second-order valence-corrected chi connectivity index (χ2v) is 6.21. The quantitative estimate of drug-likeness (QED) is 0.805. The van der Waals surface area contributed by atoms with Gasteiger partial charge in [0.25, 0.3) is 0 Å². The average Bonchev–Trinajstić information content (AvgIpc) is 2.53. The first kappa shape index (κ1) is 14.8. The van der Waals surface area contributed by atoms with Crippen molar-refractivity contribution < 1.29 is 9.59 Å². The second kappa shape index (κ2) is 6.30. The number of rotatable bonds is 3. The molecule has 1 fully saturated rings. The molecule has 1 aromatic carbocycles. The molecule has 0 radical (unpaired) electrons. The molecule has 1 aromatic rings. The van der Waals surface area contributed by atoms with E-state index in [0.29, 0.717) is 17.2 Å². The summed E-state index contributed by atoms with van der Waals surface area (Å²) in [6, 6.07) is 10.5. The Morgan fingerprint density at radius 3 is 2.36 bits per heavy atom. The first-order valence-corrected chi connectivity index (χ1v) is 7.91. The van der Waals surface area contributed by atoms with Gasteiger partial charge in [0.2, 0.25) is 5.78 Å². The number of hydrogen-bond donors (Lipinski definition) is 0. The summed E-state index contributed by atoms with van der Waals surface area (Å²) in [7, 11) is 0. The van der Waals surface area contributed by atoms with Gasteiger partial charge in [-0.15, -0.1) is 0 Å². The number of benzene rings is 1. The number of hydrogen-bond acceptors (Lipinski definition) is 3. The number of nitrogens with zero attached hydrogens (tertiary/aromatic N) is 1. The van der Waals surface area contributed by atoms with Crippen LogP contribution < -0.4 is 0 Å². The van der Waals surface area contributed by atoms with Crippen molar-refractivity contribution in [2.75, 3.05) is 13.1 Å². The van der Waals surface area contributed by atoms with Gasteiger partial charge in [-0.2, -0.15) is 0 Å². The fourth-order valence-electron chi connectivity index (χ4n) is 3.22. The van der Waals surface area contributed by atoms with Crippen LogP contribution in [0.2, 0.25) is 0 Å². The maximum atomic E-state index is 12.1. The molecular weight excluding hydrogens is 274 g/mol. The lowest BCUT2D eigenvalue weighted by Crippen LogP contribution is -2.37. The predicted molar refractivity (Wildman–Crippen MR) is 86.3 cm³/mol. The number of likely N-dealkylation sites (tertiary alicyclic amines) is 1. The van der Waals surface area contributed by atoms with Crippen molar-refractivity contribution in [2.45, 2.75) is 26.2 Å². The van der Waals surface area contributed by atoms with E-state index >= 15 is 0 Å². The molecular formula is C19H21NO2. The summed E-state index contributed by atoms with van der Waals surface area (Å²) in [6.45, 7) is 3.41. The number of ketones is 2. The Morgan fingerprint density at radius 2 is 1.68 bits per heavy atom. The van der Waals surface area contributed by atoms with Gasteiger partial charge < -0.3 is 4.90 Å². The lowest BCUT2D eigenvalue weighted by molar-refractivity contribution is -0.116. The molecule has 114 valence electrons. The Kier molecular flexibility index (Phi) is 4.23. The third kappa shape index (κ3) is 3.19. The van der Waals surface area contributed by atoms with Crippen LogP contribution in [0.15, 0.2) is 53.8 Å². The summed E-state index contributed by atoms with van der Waals surface area (Å²) in [4.78, 5) is 25.9. The van der Waals surface area contributed by atoms with Gasteiger partial charge in [-0.1, -0.05) is 30.3 Å². The molecule has 0 amide bonds. The molecule has 0 spiro atoms. The highest BCUT2D eigenvalue weighted by atomic mass is 16.1. The summed E-state index contributed by atoms with van der Waals surface area (Å²) in [5.41, 5.74) is 2.49. The van der Waals surface area contributed by atoms with E-state index in [1.807, 2.05) is 6.07 Å². The van der Waals surface area contributed by atoms with Crippen LogP contribution in [0.4, 0.5) is 0 Å². The molecule has 0 atom stereocenters. The zero-order valence-electron chi connectivity index (χ0n) is 12.9. The molecule has 1 heterocycles. The van der Waals surface area contributed by atoms with Crippen LogP contribution in [0.1, 0.15) is 25.3 Å². The van der Waals surface area contributed by atoms with E-state index in [9.17, 15) is 9.59 Å². The van der Waals surface area contributed by atoms with E-state index in [4.69, 9.17) is 0 Å². The summed E-state index contributed by atoms with van der Waals surface area (Å²) in [5.74, 6) is 0.588. The van der Waals surface area contributed by atoms with Crippen LogP contribution in [0.25, 0.3) is 0 Å². The largest absolute Gasteiger partial charge is 0.368 e. The molecule has 2 aliphatic rings. The van der Waals surface area contributed by atoms with E-state index in [1.165, 1.54) is 17.7 Å². The van der Waals surface area contributed by atoms with E-state index in [0.717, 1.165) is 32.4 Å². The van der Waals surface area contributed by atoms with Gasteiger partial charge in [0.1, 0.15) is 0 Å². The van der Waals surface area contributed by atoms with E-state index < -0.39 is 0 Å². The van der Waals surface area contributed by atoms with E-state index in [2.05, 4.69) is 29.2 Å². The highest BCUT2D eigenvalue weighted by molar-refractivity contribution is 6.19. The van der Waals surface area contributed by atoms with Gasteiger partial charge in [0.15, 0.2) is 5.78 Å². The Hall–Kier alpha value is -2.16. The standard InChI is InChI=1S/C19H21NO2/c1-14-11-19(22)17(13-18(14)21)20-9-7-16(8-10-20)12-15-5-3-2-4-6-15/h2-6,11,13,16H,7-10,12H2,1H3. The van der Waals surface area contributed by atoms with Crippen LogP contribution in [0.5, 0.6) is 0 Å². The topological polar surface area (TPSA) is 37.4 Å². The van der Waals surface area contributed by atoms with Crippen LogP contribution in [0, 0.1) is 5.92 Å². The minimum atomic E-state index is -0.0407. The molecule has 3 nitrogen and oxygen atoms in total. The third-order valence-electron chi connectivity index (χ3n) is 4.58. The third-order valence-corrected chi connectivity index (χ3v) is 4.58. The van der Waals surface area contributed by atoms with Gasteiger partial charge in [-0.25, -0.2) is 0 Å². The number of allylic oxidation sites excluding steroid dienone is 3. The molecule has 0 N–H and O–H groups in total. The van der Waals surface area contributed by atoms with Crippen molar-refractivity contribution >= 4 is 11.6 Å². The van der Waals surface area contributed by atoms with E-state index in [-0.39, 0.29) is 11.6 Å². The normalized spacial score (nSPS) is 20.0. The van der Waals surface area contributed by atoms with Gasteiger partial charge in [-0.3, -0.25) is 9.59 Å². The Bertz CT molecular complexity index is 635. The molecule has 0 saturated carbocycles. The average molecular weight is 295 g/mol. The van der Waals surface area contributed by atoms with Gasteiger partial charge in [-0.05, 0) is 43.7 Å². The second-order valence-electron chi connectivity index (χ2n) is 6.21. The van der Waals surface area contributed by atoms with Gasteiger partial charge in [0, 0.05) is 24.7 Å². The molecule has 0 aromatic heterocycles. The maximum absolute atomic E-state index is 12.1. The molecule has 3 heteroatoms. The minimum Gasteiger partial charge on any atom is -0.368 e. The molecule has 22 heavy (non-hydrogen) atoms. The fraction of sp³-hybridized carbons (Fsp3) is 0.368. The van der Waals surface area contributed by atoms with Crippen molar-refractivity contribution in [1.82, 2.24) is 4.90 Å². The lowest BCUT2D eigenvalue weighted by Gasteiger charge is -2.35. The molecule has 1 aliphatic carbocycles. The summed E-state index contributed by atoms with van der Waals surface area (Å²) >= 11 is 0. The minimum absolute atomic E-state index is 0.0291. The van der Waals surface area contributed by atoms with Crippen molar-refractivity contribution in [3.05, 3.63) is 59.3 Å². The van der Waals surface area contributed by atoms with Crippen LogP contribution >= 0.6 is 0 Å². The summed E-state index contributed by atoms with van der Waals surface area (Å²) in [5, 5.41) is 0. The van der Waals surface area contributed by atoms with Gasteiger partial charge in [0.05, 0.1) is 5.70 Å². The molecule has 1 saturated heterocycles. The summed E-state index contributed by atoms with van der Waals surface area (Å²) < 4.78 is 0. The van der Waals surface area contributed by atoms with Crippen LogP contribution in [0.3, 0.4) is 0 Å². The van der Waals surface area contributed by atoms with E-state index in [1.54, 1.807) is 6.92 Å². The van der Waals surface area contributed by atoms with Crippen molar-refractivity contribution in [2.24, 2.45) is 5.92 Å². The zero-order chi connectivity index (χ0) is 15.5. The van der Waals surface area contributed by atoms with Crippen molar-refractivity contribution in [1.29, 1.82) is 0 Å².